The quantitative estimate of drug-likeness (QED) is 0.831. The van der Waals surface area contributed by atoms with E-state index < -0.39 is 12.5 Å². The first-order valence-corrected chi connectivity index (χ1v) is 10.3. The SMILES string of the molecule is Cc1cc2n(n1)[C@@H](C(F)F)C[C@@H]([C@@H]1CCCN(C(=O)CCc3cccnc3)C1)N2. The third kappa shape index (κ3) is 4.41. The molecule has 2 aromatic rings. The van der Waals surface area contributed by atoms with Gasteiger partial charge in [0.15, 0.2) is 0 Å². The molecular weight excluding hydrogens is 376 g/mol. The average Bonchev–Trinajstić information content (AvgIpc) is 3.12. The highest BCUT2D eigenvalue weighted by Gasteiger charge is 2.38. The van der Waals surface area contributed by atoms with Crippen LogP contribution in [0.25, 0.3) is 0 Å². The Morgan fingerprint density at radius 3 is 3.03 bits per heavy atom. The fourth-order valence-corrected chi connectivity index (χ4v) is 4.53. The topological polar surface area (TPSA) is 63.1 Å². The van der Waals surface area contributed by atoms with Crippen molar-refractivity contribution >= 4 is 11.7 Å². The molecular formula is C21H27F2N5O. The van der Waals surface area contributed by atoms with Gasteiger partial charge in [-0.05, 0) is 50.2 Å². The van der Waals surface area contributed by atoms with Crippen molar-refractivity contribution in [3.8, 4) is 0 Å². The Balaban J connectivity index is 1.40. The highest BCUT2D eigenvalue weighted by atomic mass is 19.3. The maximum Gasteiger partial charge on any atom is 0.260 e. The summed E-state index contributed by atoms with van der Waals surface area (Å²) in [7, 11) is 0. The smallest absolute Gasteiger partial charge is 0.260 e. The Kier molecular flexibility index (Phi) is 5.78. The number of aryl methyl sites for hydroxylation is 2. The van der Waals surface area contributed by atoms with E-state index >= 15 is 0 Å². The number of pyridine rings is 1. The van der Waals surface area contributed by atoms with Gasteiger partial charge in [-0.25, -0.2) is 13.5 Å². The van der Waals surface area contributed by atoms with Crippen molar-refractivity contribution in [1.82, 2.24) is 19.7 Å². The molecule has 6 nitrogen and oxygen atoms in total. The molecule has 29 heavy (non-hydrogen) atoms. The number of anilines is 1. The van der Waals surface area contributed by atoms with Crippen LogP contribution in [0.4, 0.5) is 14.6 Å². The van der Waals surface area contributed by atoms with Crippen LogP contribution in [-0.2, 0) is 11.2 Å². The predicted molar refractivity (Wildman–Crippen MR) is 106 cm³/mol. The van der Waals surface area contributed by atoms with Crippen LogP contribution in [0, 0.1) is 12.8 Å². The highest BCUT2D eigenvalue weighted by molar-refractivity contribution is 5.76. The van der Waals surface area contributed by atoms with E-state index in [0.29, 0.717) is 31.6 Å². The molecule has 0 bridgehead atoms. The summed E-state index contributed by atoms with van der Waals surface area (Å²) in [5.41, 5.74) is 1.78. The van der Waals surface area contributed by atoms with Crippen molar-refractivity contribution in [2.75, 3.05) is 18.4 Å². The van der Waals surface area contributed by atoms with Gasteiger partial charge in [0.1, 0.15) is 11.9 Å². The van der Waals surface area contributed by atoms with E-state index in [2.05, 4.69) is 15.4 Å². The first kappa shape index (κ1) is 19.8. The van der Waals surface area contributed by atoms with Gasteiger partial charge in [0.2, 0.25) is 5.91 Å². The Hall–Kier alpha value is -2.51. The lowest BCUT2D eigenvalue weighted by molar-refractivity contribution is -0.133. The van der Waals surface area contributed by atoms with Crippen molar-refractivity contribution in [3.63, 3.8) is 0 Å². The molecule has 0 radical (unpaired) electrons. The number of piperidine rings is 1. The number of carbonyl (C=O) groups is 1. The molecule has 0 aliphatic carbocycles. The van der Waals surface area contributed by atoms with Crippen LogP contribution in [0.1, 0.15) is 43.0 Å². The minimum absolute atomic E-state index is 0.0773. The molecule has 1 amide bonds. The van der Waals surface area contributed by atoms with E-state index in [1.807, 2.05) is 30.0 Å². The largest absolute Gasteiger partial charge is 0.367 e. The summed E-state index contributed by atoms with van der Waals surface area (Å²) in [6.45, 7) is 3.17. The number of carbonyl (C=O) groups excluding carboxylic acids is 1. The molecule has 4 rings (SSSR count). The molecule has 3 atom stereocenters. The van der Waals surface area contributed by atoms with Crippen LogP contribution in [0.5, 0.6) is 0 Å². The van der Waals surface area contributed by atoms with E-state index in [0.717, 1.165) is 30.6 Å². The van der Waals surface area contributed by atoms with Crippen molar-refractivity contribution in [2.24, 2.45) is 5.92 Å². The predicted octanol–water partition coefficient (Wildman–Crippen LogP) is 3.45. The van der Waals surface area contributed by atoms with Gasteiger partial charge in [-0.15, -0.1) is 0 Å². The first-order valence-electron chi connectivity index (χ1n) is 10.3. The number of halogens is 2. The Bertz CT molecular complexity index is 841. The summed E-state index contributed by atoms with van der Waals surface area (Å²) in [5.74, 6) is 0.945. The number of likely N-dealkylation sites (tertiary alicyclic amines) is 1. The van der Waals surface area contributed by atoms with E-state index in [9.17, 15) is 13.6 Å². The number of rotatable bonds is 5. The van der Waals surface area contributed by atoms with E-state index in [4.69, 9.17) is 0 Å². The average molecular weight is 403 g/mol. The van der Waals surface area contributed by atoms with Gasteiger partial charge >= 0.3 is 0 Å². The highest BCUT2D eigenvalue weighted by Crippen LogP contribution is 2.36. The van der Waals surface area contributed by atoms with Gasteiger partial charge in [0.05, 0.1) is 5.69 Å². The van der Waals surface area contributed by atoms with Gasteiger partial charge in [-0.2, -0.15) is 5.10 Å². The monoisotopic (exact) mass is 403 g/mol. The van der Waals surface area contributed by atoms with Crippen LogP contribution in [0.2, 0.25) is 0 Å². The lowest BCUT2D eigenvalue weighted by atomic mass is 9.86. The fourth-order valence-electron chi connectivity index (χ4n) is 4.53. The van der Waals surface area contributed by atoms with E-state index in [1.165, 1.54) is 4.68 Å². The molecule has 1 N–H and O–H groups in total. The third-order valence-electron chi connectivity index (χ3n) is 6.02. The summed E-state index contributed by atoms with van der Waals surface area (Å²) in [4.78, 5) is 18.7. The molecule has 2 aromatic heterocycles. The minimum atomic E-state index is -2.46. The normalized spacial score (nSPS) is 24.3. The number of fused-ring (bicyclic) bond motifs is 1. The number of aromatic nitrogens is 3. The molecule has 2 aliphatic heterocycles. The molecule has 0 saturated carbocycles. The molecule has 0 unspecified atom stereocenters. The standard InChI is InChI=1S/C21H27F2N5O/c1-14-10-19-25-17(11-18(21(22)23)28(19)26-14)16-5-3-9-27(13-16)20(29)7-6-15-4-2-8-24-12-15/h2,4,8,10,12,16-18,21,25H,3,5-7,9,11,13H2,1H3/t16-,17+,18-/m1/s1. The third-order valence-corrected chi connectivity index (χ3v) is 6.02. The molecule has 0 spiro atoms. The van der Waals surface area contributed by atoms with Crippen LogP contribution in [0.3, 0.4) is 0 Å². The summed E-state index contributed by atoms with van der Waals surface area (Å²) in [6, 6.07) is 4.67. The molecule has 8 heteroatoms. The van der Waals surface area contributed by atoms with Crippen molar-refractivity contribution in [1.29, 1.82) is 0 Å². The van der Waals surface area contributed by atoms with Crippen LogP contribution >= 0.6 is 0 Å². The fraction of sp³-hybridized carbons (Fsp3) is 0.571. The second kappa shape index (κ2) is 8.47. The summed E-state index contributed by atoms with van der Waals surface area (Å²) < 4.78 is 28.7. The Morgan fingerprint density at radius 2 is 2.28 bits per heavy atom. The van der Waals surface area contributed by atoms with Crippen molar-refractivity contribution < 1.29 is 13.6 Å². The first-order chi connectivity index (χ1) is 14.0. The molecule has 0 aromatic carbocycles. The number of nitrogens with one attached hydrogen (secondary N) is 1. The second-order valence-corrected chi connectivity index (χ2v) is 8.11. The van der Waals surface area contributed by atoms with Crippen molar-refractivity contribution in [3.05, 3.63) is 41.9 Å². The summed E-state index contributed by atoms with van der Waals surface area (Å²) >= 11 is 0. The van der Waals surface area contributed by atoms with Gasteiger partial charge < -0.3 is 10.2 Å². The Labute approximate surface area is 169 Å². The molecule has 156 valence electrons. The zero-order valence-electron chi connectivity index (χ0n) is 16.6. The van der Waals surface area contributed by atoms with Gasteiger partial charge in [0.25, 0.3) is 6.43 Å². The maximum absolute atomic E-state index is 13.7. The van der Waals surface area contributed by atoms with Gasteiger partial charge in [0, 0.05) is 44.0 Å². The molecule has 4 heterocycles. The molecule has 1 saturated heterocycles. The number of hydrogen-bond acceptors (Lipinski definition) is 4. The Morgan fingerprint density at radius 1 is 1.41 bits per heavy atom. The maximum atomic E-state index is 13.7. The number of nitrogens with zero attached hydrogens (tertiary/aromatic N) is 4. The van der Waals surface area contributed by atoms with Crippen LogP contribution in [0.15, 0.2) is 30.6 Å². The van der Waals surface area contributed by atoms with Gasteiger partial charge in [-0.3, -0.25) is 9.78 Å². The van der Waals surface area contributed by atoms with Gasteiger partial charge in [-0.1, -0.05) is 6.07 Å². The number of alkyl halides is 2. The number of amides is 1. The number of hydrogen-bond donors (Lipinski definition) is 1. The van der Waals surface area contributed by atoms with Crippen molar-refractivity contribution in [2.45, 2.75) is 57.5 Å². The van der Waals surface area contributed by atoms with Crippen LogP contribution < -0.4 is 5.32 Å². The summed E-state index contributed by atoms with van der Waals surface area (Å²) in [6.07, 6.45) is 4.33. The van der Waals surface area contributed by atoms with E-state index in [1.54, 1.807) is 12.4 Å². The van der Waals surface area contributed by atoms with Crippen LogP contribution in [-0.4, -0.2) is 51.1 Å². The van der Waals surface area contributed by atoms with E-state index in [-0.39, 0.29) is 17.9 Å². The minimum Gasteiger partial charge on any atom is -0.367 e. The zero-order valence-corrected chi connectivity index (χ0v) is 16.6. The zero-order chi connectivity index (χ0) is 20.4. The molecule has 2 aliphatic rings. The summed E-state index contributed by atoms with van der Waals surface area (Å²) in [5, 5.41) is 7.64. The lowest BCUT2D eigenvalue weighted by Gasteiger charge is -2.41. The second-order valence-electron chi connectivity index (χ2n) is 8.11. The lowest BCUT2D eigenvalue weighted by Crippen LogP contribution is -2.48. The molecule has 1 fully saturated rings.